The Morgan fingerprint density at radius 3 is 2.75 bits per heavy atom. The lowest BCUT2D eigenvalue weighted by Gasteiger charge is -2.07. The molecule has 0 aliphatic heterocycles. The Morgan fingerprint density at radius 1 is 1.42 bits per heavy atom. The van der Waals surface area contributed by atoms with Crippen molar-refractivity contribution in [1.82, 2.24) is 0 Å². The number of aliphatic hydroxyl groups excluding tert-OH is 1. The zero-order valence-corrected chi connectivity index (χ0v) is 7.96. The van der Waals surface area contributed by atoms with E-state index < -0.39 is 0 Å². The Bertz CT molecular complexity index is 110. The lowest BCUT2D eigenvalue weighted by Crippen LogP contribution is -2.08. The summed E-state index contributed by atoms with van der Waals surface area (Å²) in [6.45, 7) is 3.68. The van der Waals surface area contributed by atoms with Gasteiger partial charge in [-0.05, 0) is 44.9 Å². The van der Waals surface area contributed by atoms with Gasteiger partial charge in [0.2, 0.25) is 0 Å². The summed E-state index contributed by atoms with van der Waals surface area (Å²) in [7, 11) is 0. The first-order valence-electron chi connectivity index (χ1n) is 5.10. The summed E-state index contributed by atoms with van der Waals surface area (Å²) in [5, 5.41) is 9.50. The number of ether oxygens (including phenoxy) is 1. The van der Waals surface area contributed by atoms with Crippen molar-refractivity contribution in [1.29, 1.82) is 0 Å². The van der Waals surface area contributed by atoms with Crippen LogP contribution in [0, 0.1) is 5.92 Å². The molecule has 2 nitrogen and oxygen atoms in total. The summed E-state index contributed by atoms with van der Waals surface area (Å²) >= 11 is 0. The van der Waals surface area contributed by atoms with Gasteiger partial charge in [0.1, 0.15) is 0 Å². The highest BCUT2D eigenvalue weighted by Crippen LogP contribution is 2.34. The van der Waals surface area contributed by atoms with Crippen molar-refractivity contribution < 1.29 is 9.84 Å². The van der Waals surface area contributed by atoms with Crippen molar-refractivity contribution in [2.45, 2.75) is 45.1 Å². The smallest absolute Gasteiger partial charge is 0.0568 e. The molecule has 1 atom stereocenters. The van der Waals surface area contributed by atoms with E-state index in [2.05, 4.69) is 0 Å². The molecular formula is C10H20O2. The average molecular weight is 172 g/mol. The van der Waals surface area contributed by atoms with Crippen LogP contribution >= 0.6 is 0 Å². The molecule has 0 saturated heterocycles. The monoisotopic (exact) mass is 172 g/mol. The van der Waals surface area contributed by atoms with Crippen molar-refractivity contribution in [3.8, 4) is 0 Å². The Hall–Kier alpha value is -0.0800. The van der Waals surface area contributed by atoms with Crippen molar-refractivity contribution in [3.05, 3.63) is 0 Å². The number of aliphatic hydroxyl groups is 1. The second-order valence-corrected chi connectivity index (χ2v) is 3.60. The molecule has 1 N–H and O–H groups in total. The van der Waals surface area contributed by atoms with Crippen molar-refractivity contribution in [2.75, 3.05) is 13.2 Å². The molecule has 1 rings (SSSR count). The van der Waals surface area contributed by atoms with Crippen molar-refractivity contribution in [2.24, 2.45) is 5.92 Å². The third-order valence-electron chi connectivity index (χ3n) is 2.41. The number of unbranched alkanes of at least 4 members (excludes halogenated alkanes) is 1. The highest BCUT2D eigenvalue weighted by Gasteiger charge is 2.28. The third kappa shape index (κ3) is 4.07. The number of rotatable bonds is 7. The SMILES string of the molecule is CCOCCCCC(O)C1CC1. The van der Waals surface area contributed by atoms with Gasteiger partial charge in [0.05, 0.1) is 6.10 Å². The topological polar surface area (TPSA) is 29.5 Å². The third-order valence-corrected chi connectivity index (χ3v) is 2.41. The van der Waals surface area contributed by atoms with Crippen LogP contribution in [-0.4, -0.2) is 24.4 Å². The minimum atomic E-state index is -0.0216. The summed E-state index contributed by atoms with van der Waals surface area (Å²) < 4.78 is 5.21. The molecule has 0 aromatic heterocycles. The molecule has 1 aliphatic carbocycles. The molecule has 72 valence electrons. The molecule has 2 heteroatoms. The Balaban J connectivity index is 1.81. The largest absolute Gasteiger partial charge is 0.393 e. The fraction of sp³-hybridized carbons (Fsp3) is 1.00. The van der Waals surface area contributed by atoms with E-state index in [1.54, 1.807) is 0 Å². The minimum absolute atomic E-state index is 0.0216. The van der Waals surface area contributed by atoms with Crippen LogP contribution in [0.1, 0.15) is 39.0 Å². The zero-order chi connectivity index (χ0) is 8.81. The molecule has 0 radical (unpaired) electrons. The lowest BCUT2D eigenvalue weighted by atomic mass is 10.1. The quantitative estimate of drug-likeness (QED) is 0.595. The van der Waals surface area contributed by atoms with Crippen molar-refractivity contribution >= 4 is 0 Å². The molecule has 0 heterocycles. The van der Waals surface area contributed by atoms with E-state index in [1.165, 1.54) is 12.8 Å². The summed E-state index contributed by atoms with van der Waals surface area (Å²) in [5.41, 5.74) is 0. The summed E-state index contributed by atoms with van der Waals surface area (Å²) in [6.07, 6.45) is 5.64. The summed E-state index contributed by atoms with van der Waals surface area (Å²) in [5.74, 6) is 0.636. The van der Waals surface area contributed by atoms with E-state index in [4.69, 9.17) is 4.74 Å². The highest BCUT2D eigenvalue weighted by molar-refractivity contribution is 4.80. The van der Waals surface area contributed by atoms with E-state index in [1.807, 2.05) is 6.92 Å². The number of hydrogen-bond donors (Lipinski definition) is 1. The lowest BCUT2D eigenvalue weighted by molar-refractivity contribution is 0.119. The van der Waals surface area contributed by atoms with Crippen LogP contribution in [0.3, 0.4) is 0 Å². The maximum atomic E-state index is 9.50. The van der Waals surface area contributed by atoms with Gasteiger partial charge in [-0.3, -0.25) is 0 Å². The van der Waals surface area contributed by atoms with Crippen LogP contribution in [0.2, 0.25) is 0 Å². The van der Waals surface area contributed by atoms with Crippen LogP contribution in [0.5, 0.6) is 0 Å². The molecule has 0 spiro atoms. The van der Waals surface area contributed by atoms with E-state index in [9.17, 15) is 5.11 Å². The molecule has 0 aromatic carbocycles. The molecule has 0 bridgehead atoms. The highest BCUT2D eigenvalue weighted by atomic mass is 16.5. The second kappa shape index (κ2) is 5.55. The molecule has 1 saturated carbocycles. The molecule has 1 fully saturated rings. The van der Waals surface area contributed by atoms with Gasteiger partial charge in [-0.25, -0.2) is 0 Å². The Kier molecular flexibility index (Phi) is 4.62. The van der Waals surface area contributed by atoms with Gasteiger partial charge in [0.25, 0.3) is 0 Å². The normalized spacial score (nSPS) is 19.5. The molecule has 12 heavy (non-hydrogen) atoms. The van der Waals surface area contributed by atoms with Gasteiger partial charge in [0, 0.05) is 13.2 Å². The molecule has 0 aromatic rings. The van der Waals surface area contributed by atoms with Crippen LogP contribution < -0.4 is 0 Å². The Labute approximate surface area is 74.9 Å². The fourth-order valence-corrected chi connectivity index (χ4v) is 1.42. The van der Waals surface area contributed by atoms with Gasteiger partial charge in [-0.2, -0.15) is 0 Å². The van der Waals surface area contributed by atoms with Crippen LogP contribution in [-0.2, 0) is 4.74 Å². The minimum Gasteiger partial charge on any atom is -0.393 e. The molecule has 1 unspecified atom stereocenters. The standard InChI is InChI=1S/C10H20O2/c1-2-12-8-4-3-5-10(11)9-6-7-9/h9-11H,2-8H2,1H3. The first-order valence-corrected chi connectivity index (χ1v) is 5.10. The molecular weight excluding hydrogens is 152 g/mol. The van der Waals surface area contributed by atoms with Crippen LogP contribution in [0.25, 0.3) is 0 Å². The first kappa shape index (κ1) is 10.0. The van der Waals surface area contributed by atoms with Crippen LogP contribution in [0.4, 0.5) is 0 Å². The predicted molar refractivity (Wildman–Crippen MR) is 49.1 cm³/mol. The zero-order valence-electron chi connectivity index (χ0n) is 7.96. The van der Waals surface area contributed by atoms with Gasteiger partial charge in [-0.1, -0.05) is 0 Å². The van der Waals surface area contributed by atoms with Crippen molar-refractivity contribution in [3.63, 3.8) is 0 Å². The van der Waals surface area contributed by atoms with Gasteiger partial charge in [-0.15, -0.1) is 0 Å². The summed E-state index contributed by atoms with van der Waals surface area (Å²) in [6, 6.07) is 0. The maximum Gasteiger partial charge on any atom is 0.0568 e. The average Bonchev–Trinajstić information content (AvgIpc) is 2.86. The van der Waals surface area contributed by atoms with Gasteiger partial charge in [0.15, 0.2) is 0 Å². The van der Waals surface area contributed by atoms with Gasteiger partial charge < -0.3 is 9.84 Å². The van der Waals surface area contributed by atoms with Crippen LogP contribution in [0.15, 0.2) is 0 Å². The first-order chi connectivity index (χ1) is 5.84. The Morgan fingerprint density at radius 2 is 2.17 bits per heavy atom. The molecule has 1 aliphatic rings. The van der Waals surface area contributed by atoms with E-state index in [-0.39, 0.29) is 6.10 Å². The van der Waals surface area contributed by atoms with E-state index >= 15 is 0 Å². The second-order valence-electron chi connectivity index (χ2n) is 3.60. The summed E-state index contributed by atoms with van der Waals surface area (Å²) in [4.78, 5) is 0. The fourth-order valence-electron chi connectivity index (χ4n) is 1.42. The maximum absolute atomic E-state index is 9.50. The predicted octanol–water partition coefficient (Wildman–Crippen LogP) is 1.96. The van der Waals surface area contributed by atoms with E-state index in [0.717, 1.165) is 32.5 Å². The molecule has 0 amide bonds. The van der Waals surface area contributed by atoms with Gasteiger partial charge >= 0.3 is 0 Å². The van der Waals surface area contributed by atoms with E-state index in [0.29, 0.717) is 5.92 Å². The number of hydrogen-bond acceptors (Lipinski definition) is 2.